The molecule has 2 heterocycles. The summed E-state index contributed by atoms with van der Waals surface area (Å²) < 4.78 is 43.1. The summed E-state index contributed by atoms with van der Waals surface area (Å²) in [5.41, 5.74) is 1.78. The van der Waals surface area contributed by atoms with E-state index < -0.39 is 27.8 Å². The van der Waals surface area contributed by atoms with Gasteiger partial charge in [-0.15, -0.1) is 0 Å². The number of hydrogen-bond acceptors (Lipinski definition) is 3. The van der Waals surface area contributed by atoms with Crippen molar-refractivity contribution in [1.29, 1.82) is 0 Å². The first-order valence-corrected chi connectivity index (χ1v) is 9.99. The van der Waals surface area contributed by atoms with Crippen molar-refractivity contribution < 1.29 is 17.6 Å². The average Bonchev–Trinajstić information content (AvgIpc) is 2.93. The standard InChI is InChI=1S/C19H22FN3O3S/c1-10(2)17-12(4)16-15(27(25,26)22-17)9-23(5)18(16)19(24)21-13-7-6-11(3)14(20)8-13/h6-10,17,22H,4H2,1-3,5H3,(H,21,24). The number of sulfonamides is 1. The maximum absolute atomic E-state index is 13.8. The Labute approximate surface area is 158 Å². The summed E-state index contributed by atoms with van der Waals surface area (Å²) in [7, 11) is -2.17. The minimum Gasteiger partial charge on any atom is -0.345 e. The van der Waals surface area contributed by atoms with E-state index in [1.165, 1.54) is 16.8 Å². The molecule has 0 radical (unpaired) electrons. The zero-order valence-electron chi connectivity index (χ0n) is 15.6. The highest BCUT2D eigenvalue weighted by atomic mass is 32.2. The third-order valence-electron chi connectivity index (χ3n) is 4.73. The molecule has 2 aromatic rings. The lowest BCUT2D eigenvalue weighted by Crippen LogP contribution is -2.43. The molecule has 144 valence electrons. The molecule has 1 amide bonds. The summed E-state index contributed by atoms with van der Waals surface area (Å²) in [6.07, 6.45) is 1.39. The van der Waals surface area contributed by atoms with E-state index in [1.807, 2.05) is 13.8 Å². The Morgan fingerprint density at radius 1 is 1.37 bits per heavy atom. The van der Waals surface area contributed by atoms with E-state index in [0.29, 0.717) is 22.4 Å². The first-order chi connectivity index (χ1) is 12.5. The number of benzene rings is 1. The Bertz CT molecular complexity index is 1050. The van der Waals surface area contributed by atoms with Gasteiger partial charge in [0.15, 0.2) is 0 Å². The molecule has 3 rings (SSSR count). The van der Waals surface area contributed by atoms with Gasteiger partial charge in [-0.05, 0) is 36.1 Å². The molecule has 0 fully saturated rings. The molecule has 1 aliphatic rings. The largest absolute Gasteiger partial charge is 0.345 e. The van der Waals surface area contributed by atoms with Crippen molar-refractivity contribution in [2.75, 3.05) is 5.32 Å². The SMILES string of the molecule is C=C1c2c(cn(C)c2C(=O)Nc2ccc(C)c(F)c2)S(=O)(=O)NC1C(C)C. The van der Waals surface area contributed by atoms with Crippen LogP contribution in [0.3, 0.4) is 0 Å². The number of fused-ring (bicyclic) bond motifs is 1. The van der Waals surface area contributed by atoms with Gasteiger partial charge in [0.1, 0.15) is 16.4 Å². The second-order valence-corrected chi connectivity index (χ2v) is 8.80. The molecular weight excluding hydrogens is 369 g/mol. The molecule has 0 saturated carbocycles. The fourth-order valence-corrected chi connectivity index (χ4v) is 4.91. The molecule has 6 nitrogen and oxygen atoms in total. The lowest BCUT2D eigenvalue weighted by molar-refractivity contribution is 0.101. The first kappa shape index (κ1) is 19.3. The van der Waals surface area contributed by atoms with Crippen LogP contribution in [-0.4, -0.2) is 24.9 Å². The van der Waals surface area contributed by atoms with E-state index in [4.69, 9.17) is 0 Å². The van der Waals surface area contributed by atoms with Gasteiger partial charge in [-0.25, -0.2) is 17.5 Å². The van der Waals surface area contributed by atoms with Crippen LogP contribution in [0.1, 0.15) is 35.5 Å². The van der Waals surface area contributed by atoms with Crippen LogP contribution in [0, 0.1) is 18.7 Å². The molecule has 0 bridgehead atoms. The summed E-state index contributed by atoms with van der Waals surface area (Å²) in [5.74, 6) is -0.997. The number of amides is 1. The van der Waals surface area contributed by atoms with Crippen molar-refractivity contribution in [3.05, 3.63) is 53.6 Å². The minimum atomic E-state index is -3.76. The third-order valence-corrected chi connectivity index (χ3v) is 6.18. The zero-order valence-corrected chi connectivity index (χ0v) is 16.4. The lowest BCUT2D eigenvalue weighted by atomic mass is 9.92. The Balaban J connectivity index is 2.07. The monoisotopic (exact) mass is 391 g/mol. The molecule has 27 heavy (non-hydrogen) atoms. The summed E-state index contributed by atoms with van der Waals surface area (Å²) in [6.45, 7) is 9.41. The van der Waals surface area contributed by atoms with Crippen molar-refractivity contribution in [3.8, 4) is 0 Å². The van der Waals surface area contributed by atoms with Gasteiger partial charge in [0.25, 0.3) is 5.91 Å². The lowest BCUT2D eigenvalue weighted by Gasteiger charge is -2.29. The molecule has 1 unspecified atom stereocenters. The predicted molar refractivity (Wildman–Crippen MR) is 102 cm³/mol. The number of halogens is 1. The van der Waals surface area contributed by atoms with E-state index in [-0.39, 0.29) is 16.5 Å². The van der Waals surface area contributed by atoms with Crippen LogP contribution in [0.15, 0.2) is 35.9 Å². The number of nitrogens with zero attached hydrogens (tertiary/aromatic N) is 1. The Morgan fingerprint density at radius 3 is 2.63 bits per heavy atom. The van der Waals surface area contributed by atoms with Crippen LogP contribution in [0.25, 0.3) is 5.57 Å². The fourth-order valence-electron chi connectivity index (χ4n) is 3.24. The van der Waals surface area contributed by atoms with Gasteiger partial charge in [0, 0.05) is 30.5 Å². The van der Waals surface area contributed by atoms with Gasteiger partial charge in [-0.1, -0.05) is 26.5 Å². The topological polar surface area (TPSA) is 80.2 Å². The number of carbonyl (C=O) groups is 1. The molecule has 2 N–H and O–H groups in total. The number of nitrogens with one attached hydrogen (secondary N) is 2. The highest BCUT2D eigenvalue weighted by Crippen LogP contribution is 2.36. The van der Waals surface area contributed by atoms with E-state index in [0.717, 1.165) is 0 Å². The highest BCUT2D eigenvalue weighted by Gasteiger charge is 2.39. The second kappa shape index (κ2) is 6.61. The van der Waals surface area contributed by atoms with Crippen molar-refractivity contribution in [2.24, 2.45) is 13.0 Å². The minimum absolute atomic E-state index is 0.0205. The number of hydrogen-bond donors (Lipinski definition) is 2. The molecule has 1 aromatic heterocycles. The summed E-state index contributed by atoms with van der Waals surface area (Å²) >= 11 is 0. The molecule has 1 aliphatic heterocycles. The predicted octanol–water partition coefficient (Wildman–Crippen LogP) is 3.05. The Morgan fingerprint density at radius 2 is 2.04 bits per heavy atom. The average molecular weight is 391 g/mol. The summed E-state index contributed by atoms with van der Waals surface area (Å²) in [6, 6.07) is 3.88. The Hall–Kier alpha value is -2.45. The first-order valence-electron chi connectivity index (χ1n) is 8.51. The molecular formula is C19H22FN3O3S. The molecule has 1 aromatic carbocycles. The number of aromatic nitrogens is 1. The normalized spacial score (nSPS) is 18.4. The van der Waals surface area contributed by atoms with Crippen molar-refractivity contribution in [3.63, 3.8) is 0 Å². The number of rotatable bonds is 3. The van der Waals surface area contributed by atoms with E-state index in [1.54, 1.807) is 26.1 Å². The molecule has 1 atom stereocenters. The van der Waals surface area contributed by atoms with Crippen LogP contribution in [-0.2, 0) is 17.1 Å². The number of anilines is 1. The van der Waals surface area contributed by atoms with Crippen molar-refractivity contribution in [2.45, 2.75) is 31.7 Å². The summed E-state index contributed by atoms with van der Waals surface area (Å²) in [5, 5.41) is 2.64. The number of carbonyl (C=O) groups excluding carboxylic acids is 1. The highest BCUT2D eigenvalue weighted by molar-refractivity contribution is 7.89. The van der Waals surface area contributed by atoms with Gasteiger partial charge in [-0.2, -0.15) is 0 Å². The second-order valence-electron chi connectivity index (χ2n) is 7.11. The van der Waals surface area contributed by atoms with E-state index >= 15 is 0 Å². The van der Waals surface area contributed by atoms with Gasteiger partial charge in [0.2, 0.25) is 10.0 Å². The van der Waals surface area contributed by atoms with Crippen LogP contribution < -0.4 is 10.0 Å². The van der Waals surface area contributed by atoms with Gasteiger partial charge in [-0.3, -0.25) is 4.79 Å². The third kappa shape index (κ3) is 3.30. The Kier molecular flexibility index (Phi) is 4.73. The molecule has 0 saturated heterocycles. The van der Waals surface area contributed by atoms with Crippen molar-refractivity contribution >= 4 is 27.2 Å². The molecule has 8 heteroatoms. The molecule has 0 spiro atoms. The molecule has 0 aliphatic carbocycles. The van der Waals surface area contributed by atoms with Crippen LogP contribution in [0.5, 0.6) is 0 Å². The van der Waals surface area contributed by atoms with Crippen LogP contribution >= 0.6 is 0 Å². The maximum atomic E-state index is 13.8. The van der Waals surface area contributed by atoms with Crippen LogP contribution in [0.4, 0.5) is 10.1 Å². The number of aryl methyl sites for hydroxylation is 2. The van der Waals surface area contributed by atoms with Gasteiger partial charge < -0.3 is 9.88 Å². The summed E-state index contributed by atoms with van der Waals surface area (Å²) in [4.78, 5) is 12.9. The van der Waals surface area contributed by atoms with E-state index in [9.17, 15) is 17.6 Å². The van der Waals surface area contributed by atoms with Gasteiger partial charge in [0.05, 0.1) is 0 Å². The van der Waals surface area contributed by atoms with E-state index in [2.05, 4.69) is 16.6 Å². The van der Waals surface area contributed by atoms with Gasteiger partial charge >= 0.3 is 0 Å². The maximum Gasteiger partial charge on any atom is 0.272 e. The zero-order chi connectivity index (χ0) is 20.1. The smallest absolute Gasteiger partial charge is 0.272 e. The fraction of sp³-hybridized carbons (Fsp3) is 0.316. The van der Waals surface area contributed by atoms with Crippen LogP contribution in [0.2, 0.25) is 0 Å². The quantitative estimate of drug-likeness (QED) is 0.844. The van der Waals surface area contributed by atoms with Crippen molar-refractivity contribution in [1.82, 2.24) is 9.29 Å².